The highest BCUT2D eigenvalue weighted by Gasteiger charge is 2.16. The van der Waals surface area contributed by atoms with E-state index in [2.05, 4.69) is 20.7 Å². The Labute approximate surface area is 148 Å². The predicted molar refractivity (Wildman–Crippen MR) is 93.3 cm³/mol. The van der Waals surface area contributed by atoms with Crippen molar-refractivity contribution in [3.8, 4) is 28.5 Å². The molecule has 0 atom stereocenters. The van der Waals surface area contributed by atoms with E-state index in [-0.39, 0.29) is 18.2 Å². The molecule has 1 amide bonds. The molecule has 0 aliphatic carbocycles. The third kappa shape index (κ3) is 3.20. The first-order valence-electron chi connectivity index (χ1n) is 7.77. The number of nitrogens with zero attached hydrogens (tertiary/aromatic N) is 2. The topological polar surface area (TPSA) is 109 Å². The summed E-state index contributed by atoms with van der Waals surface area (Å²) >= 11 is 0. The van der Waals surface area contributed by atoms with Crippen LogP contribution in [-0.4, -0.2) is 34.2 Å². The summed E-state index contributed by atoms with van der Waals surface area (Å²) in [5, 5.41) is 19.9. The molecular formula is C18H14N4O4. The molecule has 0 spiro atoms. The number of hydrogen-bond donors (Lipinski definition) is 3. The number of ether oxygens (including phenoxy) is 2. The maximum Gasteiger partial charge on any atom is 0.289 e. The number of phenolic OH excluding ortho intramolecular Hbond substituents is 1. The smallest absolute Gasteiger partial charge is 0.289 e. The zero-order valence-corrected chi connectivity index (χ0v) is 13.5. The van der Waals surface area contributed by atoms with E-state index in [0.29, 0.717) is 17.2 Å². The zero-order chi connectivity index (χ0) is 17.9. The zero-order valence-electron chi connectivity index (χ0n) is 13.5. The molecule has 1 aliphatic heterocycles. The van der Waals surface area contributed by atoms with Crippen LogP contribution in [0.25, 0.3) is 11.3 Å². The molecule has 1 aromatic heterocycles. The van der Waals surface area contributed by atoms with Crippen LogP contribution in [0.15, 0.2) is 53.6 Å². The van der Waals surface area contributed by atoms with Crippen LogP contribution in [0.5, 0.6) is 17.2 Å². The van der Waals surface area contributed by atoms with Gasteiger partial charge in [0.1, 0.15) is 11.4 Å². The van der Waals surface area contributed by atoms with Gasteiger partial charge >= 0.3 is 0 Å². The molecule has 2 heterocycles. The fourth-order valence-corrected chi connectivity index (χ4v) is 2.43. The number of rotatable bonds is 4. The summed E-state index contributed by atoms with van der Waals surface area (Å²) in [5.74, 6) is 1.08. The summed E-state index contributed by atoms with van der Waals surface area (Å²) in [4.78, 5) is 12.1. The molecule has 0 unspecified atom stereocenters. The van der Waals surface area contributed by atoms with Gasteiger partial charge in [-0.3, -0.25) is 9.89 Å². The first-order chi connectivity index (χ1) is 12.7. The van der Waals surface area contributed by atoms with E-state index in [4.69, 9.17) is 9.47 Å². The van der Waals surface area contributed by atoms with Crippen molar-refractivity contribution in [1.29, 1.82) is 0 Å². The molecule has 130 valence electrons. The lowest BCUT2D eigenvalue weighted by Gasteiger charge is -1.99. The Morgan fingerprint density at radius 2 is 1.96 bits per heavy atom. The van der Waals surface area contributed by atoms with Gasteiger partial charge in [0.05, 0.1) is 11.9 Å². The van der Waals surface area contributed by atoms with Gasteiger partial charge in [-0.1, -0.05) is 0 Å². The second kappa shape index (κ2) is 6.60. The van der Waals surface area contributed by atoms with E-state index in [1.54, 1.807) is 24.3 Å². The van der Waals surface area contributed by atoms with Crippen molar-refractivity contribution in [2.45, 2.75) is 0 Å². The minimum Gasteiger partial charge on any atom is -0.508 e. The van der Waals surface area contributed by atoms with Crippen LogP contribution in [0.3, 0.4) is 0 Å². The van der Waals surface area contributed by atoms with E-state index < -0.39 is 5.91 Å². The fourth-order valence-electron chi connectivity index (χ4n) is 2.43. The van der Waals surface area contributed by atoms with Crippen LogP contribution in [-0.2, 0) is 0 Å². The average Bonchev–Trinajstić information content (AvgIpc) is 3.32. The summed E-state index contributed by atoms with van der Waals surface area (Å²) < 4.78 is 10.6. The first kappa shape index (κ1) is 15.7. The molecule has 8 nitrogen and oxygen atoms in total. The van der Waals surface area contributed by atoms with Gasteiger partial charge in [0.2, 0.25) is 6.79 Å². The number of hydrogen-bond acceptors (Lipinski definition) is 6. The van der Waals surface area contributed by atoms with E-state index in [0.717, 1.165) is 11.1 Å². The van der Waals surface area contributed by atoms with Gasteiger partial charge in [-0.05, 0) is 54.1 Å². The maximum absolute atomic E-state index is 12.1. The molecule has 4 rings (SSSR count). The number of phenols is 1. The largest absolute Gasteiger partial charge is 0.508 e. The van der Waals surface area contributed by atoms with Gasteiger partial charge in [0.15, 0.2) is 11.5 Å². The summed E-state index contributed by atoms with van der Waals surface area (Å²) in [6.07, 6.45) is 1.48. The number of carbonyl (C=O) groups excluding carboxylic acids is 1. The third-order valence-corrected chi connectivity index (χ3v) is 3.76. The maximum atomic E-state index is 12.1. The Kier molecular flexibility index (Phi) is 3.98. The summed E-state index contributed by atoms with van der Waals surface area (Å²) in [6, 6.07) is 13.5. The van der Waals surface area contributed by atoms with Crippen molar-refractivity contribution in [3.63, 3.8) is 0 Å². The molecule has 8 heteroatoms. The normalized spacial score (nSPS) is 12.5. The van der Waals surface area contributed by atoms with E-state index in [1.165, 1.54) is 18.3 Å². The lowest BCUT2D eigenvalue weighted by molar-refractivity contribution is 0.0950. The molecule has 2 aromatic carbocycles. The number of aromatic nitrogens is 2. The molecule has 0 fully saturated rings. The fraction of sp³-hybridized carbons (Fsp3) is 0.0556. The van der Waals surface area contributed by atoms with Crippen LogP contribution in [0.2, 0.25) is 0 Å². The molecule has 3 aromatic rings. The van der Waals surface area contributed by atoms with E-state index >= 15 is 0 Å². The van der Waals surface area contributed by atoms with Crippen LogP contribution in [0.1, 0.15) is 16.1 Å². The quantitative estimate of drug-likeness (QED) is 0.494. The van der Waals surface area contributed by atoms with Crippen molar-refractivity contribution in [1.82, 2.24) is 15.6 Å². The highest BCUT2D eigenvalue weighted by molar-refractivity contribution is 5.94. The Morgan fingerprint density at radius 1 is 1.15 bits per heavy atom. The third-order valence-electron chi connectivity index (χ3n) is 3.76. The van der Waals surface area contributed by atoms with Crippen LogP contribution >= 0.6 is 0 Å². The van der Waals surface area contributed by atoms with Crippen LogP contribution in [0.4, 0.5) is 0 Å². The van der Waals surface area contributed by atoms with Crippen LogP contribution < -0.4 is 14.9 Å². The summed E-state index contributed by atoms with van der Waals surface area (Å²) in [6.45, 7) is 0.200. The number of benzene rings is 2. The minimum atomic E-state index is -0.417. The molecule has 0 saturated carbocycles. The number of hydrazone groups is 1. The van der Waals surface area contributed by atoms with Crippen molar-refractivity contribution >= 4 is 12.1 Å². The SMILES string of the molecule is O=C(N/N=C\c1ccc(O)cc1)c1cc(-c2ccc3c(c2)OCO3)n[nH]1. The monoisotopic (exact) mass is 350 g/mol. The Bertz CT molecular complexity index is 979. The predicted octanol–water partition coefficient (Wildman–Crippen LogP) is 2.27. The average molecular weight is 350 g/mol. The Morgan fingerprint density at radius 3 is 2.81 bits per heavy atom. The molecule has 0 saturated heterocycles. The van der Waals surface area contributed by atoms with Gasteiger partial charge in [-0.25, -0.2) is 5.43 Å². The van der Waals surface area contributed by atoms with E-state index in [9.17, 15) is 9.90 Å². The van der Waals surface area contributed by atoms with Gasteiger partial charge in [0, 0.05) is 5.56 Å². The first-order valence-corrected chi connectivity index (χ1v) is 7.77. The van der Waals surface area contributed by atoms with Crippen molar-refractivity contribution in [2.24, 2.45) is 5.10 Å². The number of aromatic amines is 1. The number of carbonyl (C=O) groups is 1. The standard InChI is InChI=1S/C18H14N4O4/c23-13-4-1-11(2-5-13)9-19-22-18(24)15-8-14(20-21-15)12-3-6-16-17(7-12)26-10-25-16/h1-9,23H,10H2,(H,20,21)(H,22,24)/b19-9-. The van der Waals surface area contributed by atoms with E-state index in [1.807, 2.05) is 12.1 Å². The summed E-state index contributed by atoms with van der Waals surface area (Å²) in [5.41, 5.74) is 4.85. The van der Waals surface area contributed by atoms with Crippen molar-refractivity contribution in [3.05, 3.63) is 59.8 Å². The van der Waals surface area contributed by atoms with Gasteiger partial charge < -0.3 is 14.6 Å². The second-order valence-electron chi connectivity index (χ2n) is 5.53. The number of H-pyrrole nitrogens is 1. The Hall–Kier alpha value is -3.81. The van der Waals surface area contributed by atoms with Gasteiger partial charge in [-0.15, -0.1) is 0 Å². The van der Waals surface area contributed by atoms with Crippen molar-refractivity contribution < 1.29 is 19.4 Å². The molecule has 1 aliphatic rings. The molecule has 26 heavy (non-hydrogen) atoms. The Balaban J connectivity index is 1.44. The van der Waals surface area contributed by atoms with Gasteiger partial charge in [0.25, 0.3) is 5.91 Å². The number of amides is 1. The van der Waals surface area contributed by atoms with Crippen LogP contribution in [0, 0.1) is 0 Å². The highest BCUT2D eigenvalue weighted by atomic mass is 16.7. The highest BCUT2D eigenvalue weighted by Crippen LogP contribution is 2.35. The molecule has 0 radical (unpaired) electrons. The number of aromatic hydroxyl groups is 1. The lowest BCUT2D eigenvalue weighted by Crippen LogP contribution is -2.17. The lowest BCUT2D eigenvalue weighted by atomic mass is 10.1. The minimum absolute atomic E-state index is 0.166. The summed E-state index contributed by atoms with van der Waals surface area (Å²) in [7, 11) is 0. The van der Waals surface area contributed by atoms with Gasteiger partial charge in [-0.2, -0.15) is 10.2 Å². The molecular weight excluding hydrogens is 336 g/mol. The molecule has 3 N–H and O–H groups in total. The second-order valence-corrected chi connectivity index (χ2v) is 5.53. The molecule has 0 bridgehead atoms. The van der Waals surface area contributed by atoms with Crippen molar-refractivity contribution in [2.75, 3.05) is 6.79 Å². The number of fused-ring (bicyclic) bond motifs is 1. The number of nitrogens with one attached hydrogen (secondary N) is 2.